The van der Waals surface area contributed by atoms with Gasteiger partial charge in [-0.15, -0.1) is 0 Å². The highest BCUT2D eigenvalue weighted by Gasteiger charge is 2.39. The first-order valence-electron chi connectivity index (χ1n) is 13.0. The highest BCUT2D eigenvalue weighted by Crippen LogP contribution is 2.38. The quantitative estimate of drug-likeness (QED) is 0.365. The number of halogens is 7. The number of hydrogen-bond acceptors (Lipinski definition) is 2. The van der Waals surface area contributed by atoms with Crippen molar-refractivity contribution >= 4 is 6.03 Å². The van der Waals surface area contributed by atoms with Crippen LogP contribution in [0.3, 0.4) is 0 Å². The molecule has 0 aliphatic carbocycles. The zero-order chi connectivity index (χ0) is 28.5. The van der Waals surface area contributed by atoms with Crippen LogP contribution in [0, 0.1) is 12.7 Å². The summed E-state index contributed by atoms with van der Waals surface area (Å²) in [5.74, 6) is -0.403. The van der Waals surface area contributed by atoms with E-state index < -0.39 is 47.9 Å². The zero-order valence-electron chi connectivity index (χ0n) is 21.9. The Kier molecular flexibility index (Phi) is 8.49. The Morgan fingerprint density at radius 2 is 1.54 bits per heavy atom. The maximum absolute atomic E-state index is 13.9. The minimum absolute atomic E-state index is 0.0734. The molecule has 0 radical (unpaired) electrons. The number of urea groups is 1. The van der Waals surface area contributed by atoms with Gasteiger partial charge in [0.15, 0.2) is 0 Å². The molecule has 0 aromatic heterocycles. The van der Waals surface area contributed by atoms with E-state index in [1.54, 1.807) is 17.9 Å². The van der Waals surface area contributed by atoms with Gasteiger partial charge < -0.3 is 14.7 Å². The summed E-state index contributed by atoms with van der Waals surface area (Å²) in [5.41, 5.74) is -1.66. The van der Waals surface area contributed by atoms with Crippen LogP contribution in [0.4, 0.5) is 35.5 Å². The third-order valence-electron chi connectivity index (χ3n) is 7.71. The van der Waals surface area contributed by atoms with Crippen LogP contribution in [0.15, 0.2) is 36.4 Å². The second-order valence-corrected chi connectivity index (χ2v) is 10.5. The van der Waals surface area contributed by atoms with Crippen LogP contribution in [-0.4, -0.2) is 53.5 Å². The molecule has 0 bridgehead atoms. The monoisotopic (exact) mass is 559 g/mol. The zero-order valence-corrected chi connectivity index (χ0v) is 21.9. The van der Waals surface area contributed by atoms with Crippen LogP contribution in [0.25, 0.3) is 0 Å². The van der Waals surface area contributed by atoms with E-state index in [9.17, 15) is 35.5 Å². The number of alkyl halides is 6. The molecule has 4 rings (SSSR count). The molecule has 39 heavy (non-hydrogen) atoms. The minimum atomic E-state index is -4.97. The van der Waals surface area contributed by atoms with Gasteiger partial charge in [-0.25, -0.2) is 9.18 Å². The molecule has 0 unspecified atom stereocenters. The lowest BCUT2D eigenvalue weighted by atomic mass is 9.88. The van der Waals surface area contributed by atoms with Crippen molar-refractivity contribution in [2.45, 2.75) is 70.0 Å². The lowest BCUT2D eigenvalue weighted by Gasteiger charge is -2.46. The van der Waals surface area contributed by atoms with Gasteiger partial charge in [0.05, 0.1) is 17.2 Å². The maximum atomic E-state index is 13.9. The summed E-state index contributed by atoms with van der Waals surface area (Å²) >= 11 is 0. The molecule has 2 aliphatic rings. The van der Waals surface area contributed by atoms with Crippen molar-refractivity contribution in [2.24, 2.45) is 0 Å². The molecule has 2 atom stereocenters. The molecule has 0 saturated carbocycles. The van der Waals surface area contributed by atoms with Crippen molar-refractivity contribution in [3.05, 3.63) is 70.0 Å². The van der Waals surface area contributed by atoms with Gasteiger partial charge >= 0.3 is 18.4 Å². The van der Waals surface area contributed by atoms with Crippen molar-refractivity contribution in [1.82, 2.24) is 14.7 Å². The smallest absolute Gasteiger partial charge is 0.323 e. The summed E-state index contributed by atoms with van der Waals surface area (Å²) in [4.78, 5) is 18.8. The lowest BCUT2D eigenvalue weighted by Crippen LogP contribution is -2.52. The van der Waals surface area contributed by atoms with Crippen LogP contribution in [-0.2, 0) is 18.9 Å². The van der Waals surface area contributed by atoms with E-state index in [1.807, 2.05) is 0 Å². The Hall–Kier alpha value is -2.82. The molecule has 0 N–H and O–H groups in total. The van der Waals surface area contributed by atoms with E-state index in [0.717, 1.165) is 36.4 Å². The standard InChI is InChI=1S/C28H32F7N3O/c1-18-12-22(29)6-7-24(18)25-16-23(37-9-4-3-5-10-37)8-11-38(25)26(39)36(2)17-19-13-20(27(30,31)32)15-21(14-19)28(33,34)35/h6-7,12-15,23,25H,3-5,8-11,16-17H2,1-2H3/t23-,25-/m1/s1. The second kappa shape index (κ2) is 11.3. The number of hydrogen-bond donors (Lipinski definition) is 0. The van der Waals surface area contributed by atoms with Gasteiger partial charge in [-0.05, 0) is 92.7 Å². The van der Waals surface area contributed by atoms with Gasteiger partial charge in [0.2, 0.25) is 0 Å². The summed E-state index contributed by atoms with van der Waals surface area (Å²) in [6.45, 7) is 3.61. The summed E-state index contributed by atoms with van der Waals surface area (Å²) < 4.78 is 93.9. The van der Waals surface area contributed by atoms with E-state index in [0.29, 0.717) is 37.1 Å². The van der Waals surface area contributed by atoms with Gasteiger partial charge in [-0.2, -0.15) is 26.3 Å². The van der Waals surface area contributed by atoms with Crippen LogP contribution in [0.2, 0.25) is 0 Å². The Morgan fingerprint density at radius 3 is 2.10 bits per heavy atom. The van der Waals surface area contributed by atoms with Crippen LogP contribution >= 0.6 is 0 Å². The van der Waals surface area contributed by atoms with Crippen molar-refractivity contribution in [1.29, 1.82) is 0 Å². The molecule has 4 nitrogen and oxygen atoms in total. The second-order valence-electron chi connectivity index (χ2n) is 10.5. The Morgan fingerprint density at radius 1 is 0.923 bits per heavy atom. The number of carbonyl (C=O) groups excluding carboxylic acids is 1. The summed E-state index contributed by atoms with van der Waals surface area (Å²) in [6, 6.07) is 5.04. The van der Waals surface area contributed by atoms with Crippen molar-refractivity contribution < 1.29 is 35.5 Å². The predicted octanol–water partition coefficient (Wildman–Crippen LogP) is 7.42. The molecule has 2 aliphatic heterocycles. The van der Waals surface area contributed by atoms with Gasteiger partial charge in [0.25, 0.3) is 0 Å². The molecular weight excluding hydrogens is 527 g/mol. The molecule has 11 heteroatoms. The normalized spacial score (nSPS) is 21.2. The third-order valence-corrected chi connectivity index (χ3v) is 7.71. The Balaban J connectivity index is 1.60. The molecule has 2 aromatic carbocycles. The molecule has 0 spiro atoms. The van der Waals surface area contributed by atoms with E-state index in [4.69, 9.17) is 0 Å². The summed E-state index contributed by atoms with van der Waals surface area (Å²) in [7, 11) is 1.36. The van der Waals surface area contributed by atoms with Gasteiger partial charge in [-0.1, -0.05) is 12.5 Å². The van der Waals surface area contributed by atoms with E-state index >= 15 is 0 Å². The number of nitrogens with zero attached hydrogens (tertiary/aromatic N) is 3. The van der Waals surface area contributed by atoms with E-state index in [1.165, 1.54) is 25.6 Å². The number of aryl methyl sites for hydroxylation is 1. The number of piperidine rings is 2. The van der Waals surface area contributed by atoms with E-state index in [-0.39, 0.29) is 17.7 Å². The number of benzene rings is 2. The van der Waals surface area contributed by atoms with Crippen LogP contribution in [0.5, 0.6) is 0 Å². The van der Waals surface area contributed by atoms with Gasteiger partial charge in [0.1, 0.15) is 5.82 Å². The highest BCUT2D eigenvalue weighted by molar-refractivity contribution is 5.75. The summed E-state index contributed by atoms with van der Waals surface area (Å²) in [6.07, 6.45) is -5.28. The van der Waals surface area contributed by atoms with Crippen molar-refractivity contribution in [2.75, 3.05) is 26.7 Å². The fraction of sp³-hybridized carbons (Fsp3) is 0.536. The number of likely N-dealkylation sites (tertiary alicyclic amines) is 2. The van der Waals surface area contributed by atoms with Crippen LogP contribution in [0.1, 0.15) is 66.0 Å². The lowest BCUT2D eigenvalue weighted by molar-refractivity contribution is -0.143. The first kappa shape index (κ1) is 29.2. The summed E-state index contributed by atoms with van der Waals surface area (Å²) in [5, 5.41) is 0. The molecule has 2 amide bonds. The van der Waals surface area contributed by atoms with Gasteiger partial charge in [0, 0.05) is 26.2 Å². The first-order chi connectivity index (χ1) is 18.2. The molecule has 2 aromatic rings. The minimum Gasteiger partial charge on any atom is -0.323 e. The Bertz CT molecular complexity index is 1140. The molecule has 2 fully saturated rings. The largest absolute Gasteiger partial charge is 0.416 e. The third kappa shape index (κ3) is 6.85. The van der Waals surface area contributed by atoms with Gasteiger partial charge in [-0.3, -0.25) is 0 Å². The van der Waals surface area contributed by atoms with Crippen molar-refractivity contribution in [3.63, 3.8) is 0 Å². The number of rotatable bonds is 4. The first-order valence-corrected chi connectivity index (χ1v) is 13.0. The fourth-order valence-electron chi connectivity index (χ4n) is 5.77. The SMILES string of the molecule is Cc1cc(F)ccc1[C@H]1C[C@H](N2CCCCC2)CCN1C(=O)N(C)Cc1cc(C(F)(F)F)cc(C(F)(F)F)c1. The molecule has 214 valence electrons. The molecular formula is C28H32F7N3O. The Labute approximate surface area is 223 Å². The fourth-order valence-corrected chi connectivity index (χ4v) is 5.77. The number of amides is 2. The topological polar surface area (TPSA) is 26.8 Å². The average Bonchev–Trinajstić information content (AvgIpc) is 2.87. The van der Waals surface area contributed by atoms with E-state index in [2.05, 4.69) is 4.90 Å². The molecule has 2 heterocycles. The van der Waals surface area contributed by atoms with Crippen molar-refractivity contribution in [3.8, 4) is 0 Å². The maximum Gasteiger partial charge on any atom is 0.416 e. The molecule has 2 saturated heterocycles. The number of carbonyl (C=O) groups is 1. The average molecular weight is 560 g/mol. The highest BCUT2D eigenvalue weighted by atomic mass is 19.4. The predicted molar refractivity (Wildman–Crippen MR) is 132 cm³/mol. The van der Waals surface area contributed by atoms with Crippen LogP contribution < -0.4 is 0 Å².